The van der Waals surface area contributed by atoms with E-state index < -0.39 is 17.7 Å². The molecule has 0 aliphatic carbocycles. The number of ketones is 1. The maximum atomic E-state index is 13.6. The van der Waals surface area contributed by atoms with Crippen LogP contribution in [-0.4, -0.2) is 93.9 Å². The van der Waals surface area contributed by atoms with Crippen molar-refractivity contribution in [1.82, 2.24) is 9.80 Å². The molecule has 0 radical (unpaired) electrons. The number of nitrogens with zero attached hydrogens (tertiary/aromatic N) is 2. The normalized spacial score (nSPS) is 18.9. The highest BCUT2D eigenvalue weighted by atomic mass is 16.5. The van der Waals surface area contributed by atoms with Gasteiger partial charge in [-0.2, -0.15) is 0 Å². The predicted octanol–water partition coefficient (Wildman–Crippen LogP) is 4.20. The Morgan fingerprint density at radius 3 is 2.21 bits per heavy atom. The van der Waals surface area contributed by atoms with Gasteiger partial charge in [-0.15, -0.1) is 0 Å². The van der Waals surface area contributed by atoms with Crippen molar-refractivity contribution in [3.63, 3.8) is 0 Å². The van der Waals surface area contributed by atoms with E-state index in [1.54, 1.807) is 30.3 Å². The number of Topliss-reactive ketones (excluding diaryl/α,β-unsaturated/α-hetero) is 1. The molecule has 0 aromatic heterocycles. The van der Waals surface area contributed by atoms with Gasteiger partial charge in [-0.05, 0) is 60.7 Å². The van der Waals surface area contributed by atoms with Crippen LogP contribution < -0.4 is 18.9 Å². The largest absolute Gasteiger partial charge is 0.507 e. The first kappa shape index (κ1) is 31.2. The highest BCUT2D eigenvalue weighted by Crippen LogP contribution is 2.46. The number of likely N-dealkylation sites (tertiary alicyclic amines) is 1. The third kappa shape index (κ3) is 6.65. The maximum absolute atomic E-state index is 13.6. The lowest BCUT2D eigenvalue weighted by molar-refractivity contribution is -0.140. The van der Waals surface area contributed by atoms with Crippen LogP contribution in [0.3, 0.4) is 0 Å². The van der Waals surface area contributed by atoms with E-state index in [0.717, 1.165) is 25.2 Å². The van der Waals surface area contributed by atoms with Gasteiger partial charge in [-0.25, -0.2) is 0 Å². The second-order valence-corrected chi connectivity index (χ2v) is 10.9. The molecule has 0 bridgehead atoms. The summed E-state index contributed by atoms with van der Waals surface area (Å²) in [5, 5.41) is 11.6. The monoisotopic (exact) mass is 582 g/mol. The summed E-state index contributed by atoms with van der Waals surface area (Å²) in [5.74, 6) is 0.560. The fraction of sp³-hybridized carbons (Fsp3) is 0.500. The summed E-state index contributed by atoms with van der Waals surface area (Å²) in [6.07, 6.45) is 0.648. The summed E-state index contributed by atoms with van der Waals surface area (Å²) >= 11 is 0. The number of aliphatic hydroxyl groups is 1. The Kier molecular flexibility index (Phi) is 10.3. The molecular weight excluding hydrogens is 540 g/mol. The number of aliphatic hydroxyl groups excluding tert-OH is 1. The van der Waals surface area contributed by atoms with Gasteiger partial charge < -0.3 is 33.7 Å². The molecule has 2 aliphatic rings. The number of ether oxygens (including phenoxy) is 5. The van der Waals surface area contributed by atoms with E-state index in [9.17, 15) is 14.7 Å². The van der Waals surface area contributed by atoms with Gasteiger partial charge in [-0.3, -0.25) is 14.5 Å². The van der Waals surface area contributed by atoms with Gasteiger partial charge in [0.2, 0.25) is 5.75 Å². The highest BCUT2D eigenvalue weighted by molar-refractivity contribution is 6.46. The van der Waals surface area contributed by atoms with Crippen LogP contribution >= 0.6 is 0 Å². The number of rotatable bonds is 12. The average Bonchev–Trinajstić information content (AvgIpc) is 3.24. The number of benzene rings is 2. The molecule has 1 amide bonds. The second kappa shape index (κ2) is 13.9. The predicted molar refractivity (Wildman–Crippen MR) is 158 cm³/mol. The lowest BCUT2D eigenvalue weighted by atomic mass is 9.94. The third-order valence-corrected chi connectivity index (χ3v) is 7.54. The van der Waals surface area contributed by atoms with E-state index in [0.29, 0.717) is 72.8 Å². The Hall–Kier alpha value is -3.76. The van der Waals surface area contributed by atoms with E-state index in [2.05, 4.69) is 18.7 Å². The first-order valence-electron chi connectivity index (χ1n) is 14.3. The second-order valence-electron chi connectivity index (χ2n) is 10.9. The molecular formula is C32H42N2O8. The van der Waals surface area contributed by atoms with Crippen LogP contribution in [0.25, 0.3) is 5.76 Å². The number of morpholine rings is 1. The molecule has 42 heavy (non-hydrogen) atoms. The van der Waals surface area contributed by atoms with Crippen molar-refractivity contribution in [3.8, 4) is 23.0 Å². The standard InChI is InChI=1S/C32H42N2O8/c1-20(2)19-42-24-9-8-22(16-21(24)3)29(35)27-28(23-17-25(38-4)31(40-6)26(18-23)39-5)34(32(37)30(27)36)11-7-10-33-12-14-41-15-13-33/h8-9,16-18,20,28,35H,7,10-15,19H2,1-6H3/b29-27+/t28-/m1/s1. The SMILES string of the molecule is COc1cc([C@@H]2/C(=C(\O)c3ccc(OCC(C)C)c(C)c3)C(=O)C(=O)N2CCCN2CCOCC2)cc(OC)c1OC. The zero-order valence-corrected chi connectivity index (χ0v) is 25.4. The zero-order valence-electron chi connectivity index (χ0n) is 25.4. The van der Waals surface area contributed by atoms with Gasteiger partial charge in [0.25, 0.3) is 11.7 Å². The summed E-state index contributed by atoms with van der Waals surface area (Å²) in [4.78, 5) is 30.9. The molecule has 1 atom stereocenters. The quantitative estimate of drug-likeness (QED) is 0.224. The molecule has 10 nitrogen and oxygen atoms in total. The molecule has 10 heteroatoms. The number of carbonyl (C=O) groups excluding carboxylic acids is 2. The molecule has 2 fully saturated rings. The molecule has 0 saturated carbocycles. The van der Waals surface area contributed by atoms with Crippen LogP contribution in [0.15, 0.2) is 35.9 Å². The summed E-state index contributed by atoms with van der Waals surface area (Å²) in [6.45, 7) is 10.7. The zero-order chi connectivity index (χ0) is 30.4. The Balaban J connectivity index is 1.77. The first-order valence-corrected chi connectivity index (χ1v) is 14.3. The highest BCUT2D eigenvalue weighted by Gasteiger charge is 2.46. The van der Waals surface area contributed by atoms with Gasteiger partial charge >= 0.3 is 0 Å². The number of carbonyl (C=O) groups is 2. The number of aryl methyl sites for hydroxylation is 1. The molecule has 1 N–H and O–H groups in total. The van der Waals surface area contributed by atoms with Crippen molar-refractivity contribution >= 4 is 17.4 Å². The molecule has 2 aromatic carbocycles. The summed E-state index contributed by atoms with van der Waals surface area (Å²) in [7, 11) is 4.52. The van der Waals surface area contributed by atoms with Crippen LogP contribution in [0.5, 0.6) is 23.0 Å². The van der Waals surface area contributed by atoms with E-state index in [1.165, 1.54) is 26.2 Å². The Morgan fingerprint density at radius 2 is 1.64 bits per heavy atom. The van der Waals surface area contributed by atoms with E-state index in [-0.39, 0.29) is 11.3 Å². The van der Waals surface area contributed by atoms with Gasteiger partial charge in [0.15, 0.2) is 11.5 Å². The minimum Gasteiger partial charge on any atom is -0.507 e. The topological polar surface area (TPSA) is 107 Å². The van der Waals surface area contributed by atoms with Crippen LogP contribution in [0.4, 0.5) is 0 Å². The Bertz CT molecular complexity index is 1290. The molecule has 2 saturated heterocycles. The molecule has 4 rings (SSSR count). The minimum absolute atomic E-state index is 0.0101. The third-order valence-electron chi connectivity index (χ3n) is 7.54. The molecule has 2 aliphatic heterocycles. The number of amides is 1. The van der Waals surface area contributed by atoms with Crippen molar-refractivity contribution in [3.05, 3.63) is 52.6 Å². The van der Waals surface area contributed by atoms with Gasteiger partial charge in [-0.1, -0.05) is 13.8 Å². The Morgan fingerprint density at radius 1 is 0.976 bits per heavy atom. The van der Waals surface area contributed by atoms with Gasteiger partial charge in [0.1, 0.15) is 11.5 Å². The van der Waals surface area contributed by atoms with Gasteiger partial charge in [0, 0.05) is 31.7 Å². The van der Waals surface area contributed by atoms with Crippen molar-refractivity contribution in [2.45, 2.75) is 33.2 Å². The smallest absolute Gasteiger partial charge is 0.295 e. The van der Waals surface area contributed by atoms with Crippen LogP contribution in [0.1, 0.15) is 43.0 Å². The minimum atomic E-state index is -0.861. The number of hydrogen-bond donors (Lipinski definition) is 1. The van der Waals surface area contributed by atoms with Crippen LogP contribution in [0, 0.1) is 12.8 Å². The molecule has 0 spiro atoms. The van der Waals surface area contributed by atoms with E-state index in [4.69, 9.17) is 23.7 Å². The summed E-state index contributed by atoms with van der Waals surface area (Å²) < 4.78 is 28.0. The number of methoxy groups -OCH3 is 3. The van der Waals surface area contributed by atoms with Crippen molar-refractivity contribution < 1.29 is 38.4 Å². The van der Waals surface area contributed by atoms with Crippen LogP contribution in [0.2, 0.25) is 0 Å². The van der Waals surface area contributed by atoms with E-state index in [1.807, 2.05) is 6.92 Å². The summed E-state index contributed by atoms with van der Waals surface area (Å²) in [5.41, 5.74) is 1.80. The summed E-state index contributed by atoms with van der Waals surface area (Å²) in [6, 6.07) is 7.82. The van der Waals surface area contributed by atoms with Gasteiger partial charge in [0.05, 0.1) is 52.8 Å². The first-order chi connectivity index (χ1) is 20.2. The van der Waals surface area contributed by atoms with Crippen molar-refractivity contribution in [1.29, 1.82) is 0 Å². The fourth-order valence-corrected chi connectivity index (χ4v) is 5.38. The molecule has 0 unspecified atom stereocenters. The van der Waals surface area contributed by atoms with Crippen LogP contribution in [-0.2, 0) is 14.3 Å². The lowest BCUT2D eigenvalue weighted by Crippen LogP contribution is -2.39. The number of hydrogen-bond acceptors (Lipinski definition) is 9. The maximum Gasteiger partial charge on any atom is 0.295 e. The average molecular weight is 583 g/mol. The molecule has 2 aromatic rings. The molecule has 2 heterocycles. The fourth-order valence-electron chi connectivity index (χ4n) is 5.38. The van der Waals surface area contributed by atoms with Crippen molar-refractivity contribution in [2.24, 2.45) is 5.92 Å². The molecule has 228 valence electrons. The lowest BCUT2D eigenvalue weighted by Gasteiger charge is -2.29. The van der Waals surface area contributed by atoms with Crippen molar-refractivity contribution in [2.75, 3.05) is 67.3 Å². The Labute approximate surface area is 247 Å². The van der Waals surface area contributed by atoms with E-state index >= 15 is 0 Å².